The van der Waals surface area contributed by atoms with Crippen molar-refractivity contribution < 1.29 is 14.6 Å². The number of benzene rings is 2. The Labute approximate surface area is 194 Å². The number of aryl methyl sites for hydroxylation is 2. The summed E-state index contributed by atoms with van der Waals surface area (Å²) in [5, 5.41) is 24.4. The van der Waals surface area contributed by atoms with Crippen molar-refractivity contribution >= 4 is 34.2 Å². The van der Waals surface area contributed by atoms with Crippen molar-refractivity contribution in [2.75, 3.05) is 6.61 Å². The van der Waals surface area contributed by atoms with Crippen LogP contribution in [0.3, 0.4) is 0 Å². The number of aromatic amines is 1. The van der Waals surface area contributed by atoms with Crippen molar-refractivity contribution in [3.05, 3.63) is 87.7 Å². The van der Waals surface area contributed by atoms with Gasteiger partial charge in [0.05, 0.1) is 23.3 Å². The van der Waals surface area contributed by atoms with E-state index in [4.69, 9.17) is 16.3 Å². The van der Waals surface area contributed by atoms with Crippen molar-refractivity contribution in [1.29, 1.82) is 5.26 Å². The standard InChI is InChI=1S/C24H20ClN5O3/c1-14-7-9-16(10-8-14)12-30-22(25)21(15(2)29-30)24(32)33-13-20(31)17(11-26)23-27-18-5-3-4-6-19(18)28-23/h3-10,31H,12-13H2,1-2H3,(H,27,28). The molecule has 0 radical (unpaired) electrons. The first-order valence-corrected chi connectivity index (χ1v) is 10.5. The van der Waals surface area contributed by atoms with E-state index in [1.165, 1.54) is 4.68 Å². The zero-order chi connectivity index (χ0) is 23.5. The molecule has 8 nitrogen and oxygen atoms in total. The van der Waals surface area contributed by atoms with Gasteiger partial charge >= 0.3 is 5.97 Å². The third kappa shape index (κ3) is 4.59. The molecule has 9 heteroatoms. The van der Waals surface area contributed by atoms with Crippen LogP contribution in [-0.2, 0) is 11.3 Å². The van der Waals surface area contributed by atoms with Crippen LogP contribution in [0.25, 0.3) is 16.6 Å². The summed E-state index contributed by atoms with van der Waals surface area (Å²) in [5.74, 6) is -0.987. The fraction of sp³-hybridized carbons (Fsp3) is 0.167. The molecule has 166 valence electrons. The lowest BCUT2D eigenvalue weighted by Crippen LogP contribution is -2.10. The number of allylic oxidation sites excluding steroid dienone is 1. The van der Waals surface area contributed by atoms with Gasteiger partial charge in [-0.3, -0.25) is 0 Å². The van der Waals surface area contributed by atoms with Gasteiger partial charge in [-0.25, -0.2) is 14.5 Å². The molecule has 33 heavy (non-hydrogen) atoms. The Morgan fingerprint density at radius 3 is 2.64 bits per heavy atom. The third-order valence-corrected chi connectivity index (χ3v) is 5.47. The Bertz CT molecular complexity index is 1380. The number of ether oxygens (including phenoxy) is 1. The number of H-pyrrole nitrogens is 1. The van der Waals surface area contributed by atoms with Crippen molar-refractivity contribution in [2.45, 2.75) is 20.4 Å². The molecular weight excluding hydrogens is 442 g/mol. The highest BCUT2D eigenvalue weighted by Gasteiger charge is 2.23. The number of fused-ring (bicyclic) bond motifs is 1. The van der Waals surface area contributed by atoms with Gasteiger partial charge in [0.25, 0.3) is 0 Å². The van der Waals surface area contributed by atoms with Gasteiger partial charge in [0, 0.05) is 0 Å². The summed E-state index contributed by atoms with van der Waals surface area (Å²) in [6, 6.07) is 17.0. The lowest BCUT2D eigenvalue weighted by atomic mass is 10.1. The quantitative estimate of drug-likeness (QED) is 0.243. The molecule has 2 aromatic carbocycles. The molecule has 0 aliphatic heterocycles. The Morgan fingerprint density at radius 2 is 1.94 bits per heavy atom. The highest BCUT2D eigenvalue weighted by atomic mass is 35.5. The number of hydrogen-bond acceptors (Lipinski definition) is 6. The number of aliphatic hydroxyl groups excluding tert-OH is 1. The molecular formula is C24H20ClN5O3. The number of imidazole rings is 1. The summed E-state index contributed by atoms with van der Waals surface area (Å²) in [6.07, 6.45) is 0. The second-order valence-electron chi connectivity index (χ2n) is 7.51. The number of carbonyl (C=O) groups excluding carboxylic acids is 1. The Kier molecular flexibility index (Phi) is 6.16. The van der Waals surface area contributed by atoms with Crippen LogP contribution in [0.5, 0.6) is 0 Å². The molecule has 0 atom stereocenters. The van der Waals surface area contributed by atoms with Gasteiger partial charge in [-0.15, -0.1) is 0 Å². The minimum atomic E-state index is -0.749. The SMILES string of the molecule is Cc1ccc(Cn2nc(C)c(C(=O)OCC(O)=C(C#N)c3nc4ccccc4[nH]3)c2Cl)cc1. The lowest BCUT2D eigenvalue weighted by Gasteiger charge is -2.06. The van der Waals surface area contributed by atoms with E-state index >= 15 is 0 Å². The molecule has 4 aromatic rings. The van der Waals surface area contributed by atoms with Crippen LogP contribution in [0.2, 0.25) is 5.15 Å². The van der Waals surface area contributed by atoms with Crippen LogP contribution in [0, 0.1) is 25.2 Å². The van der Waals surface area contributed by atoms with Gasteiger partial charge in [-0.2, -0.15) is 10.4 Å². The fourth-order valence-corrected chi connectivity index (χ4v) is 3.67. The second-order valence-corrected chi connectivity index (χ2v) is 7.86. The fourth-order valence-electron chi connectivity index (χ4n) is 3.36. The molecule has 0 aliphatic carbocycles. The largest absolute Gasteiger partial charge is 0.507 e. The maximum atomic E-state index is 12.7. The van der Waals surface area contributed by atoms with Gasteiger partial charge in [0.1, 0.15) is 29.0 Å². The first kappa shape index (κ1) is 22.1. The zero-order valence-corrected chi connectivity index (χ0v) is 18.7. The van der Waals surface area contributed by atoms with E-state index in [1.54, 1.807) is 19.1 Å². The van der Waals surface area contributed by atoms with E-state index in [0.29, 0.717) is 23.3 Å². The number of nitriles is 1. The molecule has 0 bridgehead atoms. The van der Waals surface area contributed by atoms with Crippen LogP contribution in [-0.4, -0.2) is 37.4 Å². The van der Waals surface area contributed by atoms with Crippen LogP contribution >= 0.6 is 11.6 Å². The number of nitrogens with zero attached hydrogens (tertiary/aromatic N) is 4. The Hall–Kier alpha value is -4.09. The van der Waals surface area contributed by atoms with Crippen molar-refractivity contribution in [1.82, 2.24) is 19.7 Å². The van der Waals surface area contributed by atoms with Crippen molar-refractivity contribution in [2.24, 2.45) is 0 Å². The van der Waals surface area contributed by atoms with Gasteiger partial charge in [0.2, 0.25) is 0 Å². The summed E-state index contributed by atoms with van der Waals surface area (Å²) in [6.45, 7) is 3.53. The normalized spacial score (nSPS) is 11.8. The number of esters is 1. The number of nitrogens with one attached hydrogen (secondary N) is 1. The average molecular weight is 462 g/mol. The Morgan fingerprint density at radius 1 is 1.21 bits per heavy atom. The van der Waals surface area contributed by atoms with E-state index in [2.05, 4.69) is 15.1 Å². The van der Waals surface area contributed by atoms with E-state index in [9.17, 15) is 15.2 Å². The molecule has 0 aliphatic rings. The van der Waals surface area contributed by atoms with Gasteiger partial charge in [0.15, 0.2) is 11.6 Å². The maximum absolute atomic E-state index is 12.7. The van der Waals surface area contributed by atoms with Gasteiger partial charge < -0.3 is 14.8 Å². The number of carbonyl (C=O) groups is 1. The molecule has 0 fully saturated rings. The maximum Gasteiger partial charge on any atom is 0.343 e. The average Bonchev–Trinajstić information content (AvgIpc) is 3.34. The van der Waals surface area contributed by atoms with Crippen molar-refractivity contribution in [3.8, 4) is 6.07 Å². The highest BCUT2D eigenvalue weighted by Crippen LogP contribution is 2.23. The predicted octanol–water partition coefficient (Wildman–Crippen LogP) is 4.73. The summed E-state index contributed by atoms with van der Waals surface area (Å²) >= 11 is 6.41. The first-order valence-electron chi connectivity index (χ1n) is 10.1. The smallest absolute Gasteiger partial charge is 0.343 e. The molecule has 2 heterocycles. The minimum Gasteiger partial charge on any atom is -0.507 e. The third-order valence-electron chi connectivity index (χ3n) is 5.09. The van der Waals surface area contributed by atoms with E-state index in [0.717, 1.165) is 11.1 Å². The summed E-state index contributed by atoms with van der Waals surface area (Å²) in [5.41, 5.74) is 3.88. The second kappa shape index (κ2) is 9.18. The van der Waals surface area contributed by atoms with Crippen molar-refractivity contribution in [3.63, 3.8) is 0 Å². The van der Waals surface area contributed by atoms with Gasteiger partial charge in [-0.05, 0) is 31.5 Å². The van der Waals surface area contributed by atoms with Crippen LogP contribution in [0.1, 0.15) is 33.0 Å². The van der Waals surface area contributed by atoms with Crippen LogP contribution in [0.4, 0.5) is 0 Å². The summed E-state index contributed by atoms with van der Waals surface area (Å²) in [4.78, 5) is 20.0. The van der Waals surface area contributed by atoms with E-state index in [1.807, 2.05) is 49.4 Å². The number of rotatable bonds is 6. The summed E-state index contributed by atoms with van der Waals surface area (Å²) in [7, 11) is 0. The number of halogens is 1. The van der Waals surface area contributed by atoms with Gasteiger partial charge in [-0.1, -0.05) is 53.6 Å². The Balaban J connectivity index is 1.51. The zero-order valence-electron chi connectivity index (χ0n) is 18.0. The number of hydrogen-bond donors (Lipinski definition) is 2. The van der Waals surface area contributed by atoms with E-state index in [-0.39, 0.29) is 22.1 Å². The topological polar surface area (TPSA) is 117 Å². The minimum absolute atomic E-state index is 0.110. The highest BCUT2D eigenvalue weighted by molar-refractivity contribution is 6.32. The molecule has 0 spiro atoms. The number of aliphatic hydroxyl groups is 1. The molecule has 0 saturated heterocycles. The molecule has 2 aromatic heterocycles. The first-order chi connectivity index (χ1) is 15.9. The predicted molar refractivity (Wildman–Crippen MR) is 124 cm³/mol. The molecule has 0 saturated carbocycles. The molecule has 0 amide bonds. The summed E-state index contributed by atoms with van der Waals surface area (Å²) < 4.78 is 6.75. The number of para-hydroxylation sites is 2. The molecule has 4 rings (SSSR count). The van der Waals surface area contributed by atoms with Crippen LogP contribution in [0.15, 0.2) is 54.3 Å². The lowest BCUT2D eigenvalue weighted by molar-refractivity contribution is 0.0502. The monoisotopic (exact) mass is 461 g/mol. The number of aromatic nitrogens is 4. The molecule has 2 N–H and O–H groups in total. The van der Waals surface area contributed by atoms with Crippen LogP contribution < -0.4 is 0 Å². The molecule has 0 unspecified atom stereocenters. The van der Waals surface area contributed by atoms with E-state index < -0.39 is 18.3 Å².